The highest BCUT2D eigenvalue weighted by atomic mass is 16.5. The number of carbonyl (C=O) groups excluding carboxylic acids is 1. The van der Waals surface area contributed by atoms with Gasteiger partial charge >= 0.3 is 0 Å². The lowest BCUT2D eigenvalue weighted by Gasteiger charge is -2.24. The molecule has 0 bridgehead atoms. The molecule has 0 aliphatic carbocycles. The number of rotatable bonds is 3. The Morgan fingerprint density at radius 3 is 2.75 bits per heavy atom. The van der Waals surface area contributed by atoms with Crippen molar-refractivity contribution in [3.8, 4) is 0 Å². The van der Waals surface area contributed by atoms with E-state index in [0.29, 0.717) is 12.0 Å². The smallest absolute Gasteiger partial charge is 0.153 e. The Hall–Kier alpha value is -1.16. The van der Waals surface area contributed by atoms with Crippen molar-refractivity contribution in [1.82, 2.24) is 9.78 Å². The molecule has 1 aliphatic heterocycles. The summed E-state index contributed by atoms with van der Waals surface area (Å²) < 4.78 is 7.33. The van der Waals surface area contributed by atoms with Gasteiger partial charge in [0.05, 0.1) is 17.5 Å². The van der Waals surface area contributed by atoms with Crippen LogP contribution in [0.3, 0.4) is 0 Å². The zero-order valence-electron chi connectivity index (χ0n) is 9.85. The maximum Gasteiger partial charge on any atom is 0.153 e. The van der Waals surface area contributed by atoms with E-state index in [4.69, 9.17) is 4.74 Å². The highest BCUT2D eigenvalue weighted by Crippen LogP contribution is 2.30. The first-order valence-corrected chi connectivity index (χ1v) is 5.84. The van der Waals surface area contributed by atoms with E-state index < -0.39 is 0 Å². The van der Waals surface area contributed by atoms with Crippen LogP contribution in [0.25, 0.3) is 0 Å². The van der Waals surface area contributed by atoms with Crippen molar-refractivity contribution in [3.63, 3.8) is 0 Å². The summed E-state index contributed by atoms with van der Waals surface area (Å²) >= 11 is 0. The van der Waals surface area contributed by atoms with E-state index in [1.54, 1.807) is 6.20 Å². The molecule has 0 amide bonds. The fraction of sp³-hybridized carbons (Fsp3) is 0.667. The zero-order valence-corrected chi connectivity index (χ0v) is 9.85. The SMILES string of the molecule is CC(C)n1ncc(C=O)c1C1CCOCC1. The standard InChI is InChI=1S/C12H18N2O2/c1-9(2)14-12(11(8-15)7-13-14)10-3-5-16-6-4-10/h7-10H,3-6H2,1-2H3. The Balaban J connectivity index is 2.34. The minimum atomic E-state index is 0.298. The van der Waals surface area contributed by atoms with E-state index >= 15 is 0 Å². The number of aldehydes is 1. The molecular formula is C12H18N2O2. The van der Waals surface area contributed by atoms with Gasteiger partial charge in [0.25, 0.3) is 0 Å². The van der Waals surface area contributed by atoms with Crippen LogP contribution in [0.2, 0.25) is 0 Å². The molecule has 0 saturated carbocycles. The lowest BCUT2D eigenvalue weighted by Crippen LogP contribution is -2.19. The van der Waals surface area contributed by atoms with Gasteiger partial charge in [0.15, 0.2) is 6.29 Å². The first-order chi connectivity index (χ1) is 7.74. The molecule has 0 unspecified atom stereocenters. The van der Waals surface area contributed by atoms with Gasteiger partial charge in [0.2, 0.25) is 0 Å². The highest BCUT2D eigenvalue weighted by molar-refractivity contribution is 5.76. The molecule has 0 atom stereocenters. The van der Waals surface area contributed by atoms with Crippen molar-refractivity contribution in [1.29, 1.82) is 0 Å². The van der Waals surface area contributed by atoms with E-state index in [0.717, 1.165) is 43.6 Å². The Morgan fingerprint density at radius 1 is 1.50 bits per heavy atom. The minimum Gasteiger partial charge on any atom is -0.381 e. The van der Waals surface area contributed by atoms with Crippen LogP contribution in [-0.4, -0.2) is 29.3 Å². The monoisotopic (exact) mass is 222 g/mol. The summed E-state index contributed by atoms with van der Waals surface area (Å²) in [5, 5.41) is 4.31. The van der Waals surface area contributed by atoms with Crippen LogP contribution < -0.4 is 0 Å². The topological polar surface area (TPSA) is 44.1 Å². The molecule has 4 heteroatoms. The Morgan fingerprint density at radius 2 is 2.19 bits per heavy atom. The molecule has 1 aromatic heterocycles. The van der Waals surface area contributed by atoms with Gasteiger partial charge < -0.3 is 4.74 Å². The number of nitrogens with zero attached hydrogens (tertiary/aromatic N) is 2. The molecule has 1 saturated heterocycles. The quantitative estimate of drug-likeness (QED) is 0.736. The summed E-state index contributed by atoms with van der Waals surface area (Å²) in [7, 11) is 0. The summed E-state index contributed by atoms with van der Waals surface area (Å²) in [5.74, 6) is 0.416. The third kappa shape index (κ3) is 2.02. The molecule has 4 nitrogen and oxygen atoms in total. The summed E-state index contributed by atoms with van der Waals surface area (Å²) in [6.45, 7) is 5.74. The molecule has 1 aliphatic rings. The summed E-state index contributed by atoms with van der Waals surface area (Å²) in [4.78, 5) is 11.0. The van der Waals surface area contributed by atoms with Gasteiger partial charge in [-0.2, -0.15) is 5.10 Å². The maximum absolute atomic E-state index is 11.0. The average molecular weight is 222 g/mol. The van der Waals surface area contributed by atoms with Crippen molar-refractivity contribution < 1.29 is 9.53 Å². The molecule has 0 aromatic carbocycles. The number of carbonyl (C=O) groups is 1. The zero-order chi connectivity index (χ0) is 11.5. The van der Waals surface area contributed by atoms with Gasteiger partial charge in [0.1, 0.15) is 0 Å². The van der Waals surface area contributed by atoms with Crippen molar-refractivity contribution in [2.75, 3.05) is 13.2 Å². The number of hydrogen-bond acceptors (Lipinski definition) is 3. The van der Waals surface area contributed by atoms with Crippen molar-refractivity contribution >= 4 is 6.29 Å². The minimum absolute atomic E-state index is 0.298. The van der Waals surface area contributed by atoms with Crippen LogP contribution in [-0.2, 0) is 4.74 Å². The van der Waals surface area contributed by atoms with Crippen LogP contribution in [0.15, 0.2) is 6.20 Å². The van der Waals surface area contributed by atoms with Crippen molar-refractivity contribution in [2.24, 2.45) is 0 Å². The lowest BCUT2D eigenvalue weighted by molar-refractivity contribution is 0.0828. The van der Waals surface area contributed by atoms with Gasteiger partial charge in [-0.3, -0.25) is 9.48 Å². The predicted molar refractivity (Wildman–Crippen MR) is 60.8 cm³/mol. The van der Waals surface area contributed by atoms with Gasteiger partial charge in [-0.25, -0.2) is 0 Å². The van der Waals surface area contributed by atoms with Gasteiger partial charge in [-0.05, 0) is 26.7 Å². The molecule has 0 spiro atoms. The van der Waals surface area contributed by atoms with E-state index in [2.05, 4.69) is 18.9 Å². The average Bonchev–Trinajstić information content (AvgIpc) is 2.73. The van der Waals surface area contributed by atoms with Crippen LogP contribution in [0.4, 0.5) is 0 Å². The molecule has 0 N–H and O–H groups in total. The van der Waals surface area contributed by atoms with Crippen molar-refractivity contribution in [2.45, 2.75) is 38.6 Å². The number of ether oxygens (including phenoxy) is 1. The lowest BCUT2D eigenvalue weighted by atomic mass is 9.93. The Bertz CT molecular complexity index is 365. The fourth-order valence-corrected chi connectivity index (χ4v) is 2.28. The third-order valence-corrected chi connectivity index (χ3v) is 3.09. The molecule has 2 rings (SSSR count). The van der Waals surface area contributed by atoms with Crippen molar-refractivity contribution in [3.05, 3.63) is 17.5 Å². The number of aromatic nitrogens is 2. The summed E-state index contributed by atoms with van der Waals surface area (Å²) in [6.07, 6.45) is 4.56. The molecule has 1 aromatic rings. The third-order valence-electron chi connectivity index (χ3n) is 3.09. The van der Waals surface area contributed by atoms with E-state index in [1.165, 1.54) is 0 Å². The van der Waals surface area contributed by atoms with Gasteiger partial charge in [-0.15, -0.1) is 0 Å². The Kier molecular flexibility index (Phi) is 3.39. The molecule has 0 radical (unpaired) electrons. The van der Waals surface area contributed by atoms with Crippen LogP contribution in [0, 0.1) is 0 Å². The largest absolute Gasteiger partial charge is 0.381 e. The second kappa shape index (κ2) is 4.78. The second-order valence-corrected chi connectivity index (χ2v) is 4.53. The molecule has 88 valence electrons. The normalized spacial score (nSPS) is 17.9. The van der Waals surface area contributed by atoms with Crippen LogP contribution in [0.5, 0.6) is 0 Å². The van der Waals surface area contributed by atoms with Gasteiger partial charge in [-0.1, -0.05) is 0 Å². The molecule has 2 heterocycles. The molecule has 1 fully saturated rings. The highest BCUT2D eigenvalue weighted by Gasteiger charge is 2.24. The molecule has 16 heavy (non-hydrogen) atoms. The van der Waals surface area contributed by atoms with E-state index in [9.17, 15) is 4.79 Å². The second-order valence-electron chi connectivity index (χ2n) is 4.53. The van der Waals surface area contributed by atoms with Gasteiger partial charge in [0, 0.05) is 25.2 Å². The Labute approximate surface area is 95.6 Å². The van der Waals surface area contributed by atoms with E-state index in [1.807, 2.05) is 4.68 Å². The molecular weight excluding hydrogens is 204 g/mol. The summed E-state index contributed by atoms with van der Waals surface area (Å²) in [6, 6.07) is 0.298. The van der Waals surface area contributed by atoms with Crippen LogP contribution >= 0.6 is 0 Å². The van der Waals surface area contributed by atoms with E-state index in [-0.39, 0.29) is 0 Å². The first-order valence-electron chi connectivity index (χ1n) is 5.84. The fourth-order valence-electron chi connectivity index (χ4n) is 2.28. The predicted octanol–water partition coefficient (Wildman–Crippen LogP) is 2.17. The number of hydrogen-bond donors (Lipinski definition) is 0. The first kappa shape index (κ1) is 11.3. The maximum atomic E-state index is 11.0. The summed E-state index contributed by atoms with van der Waals surface area (Å²) in [5.41, 5.74) is 1.83. The van der Waals surface area contributed by atoms with Crippen LogP contribution in [0.1, 0.15) is 54.7 Å².